The summed E-state index contributed by atoms with van der Waals surface area (Å²) in [5, 5.41) is 5.04. The van der Waals surface area contributed by atoms with Crippen LogP contribution in [0.2, 0.25) is 0 Å². The van der Waals surface area contributed by atoms with Crippen LogP contribution in [0.25, 0.3) is 43.8 Å². The number of aryl methyl sites for hydroxylation is 8. The van der Waals surface area contributed by atoms with Crippen molar-refractivity contribution < 1.29 is 0 Å². The summed E-state index contributed by atoms with van der Waals surface area (Å²) in [4.78, 5) is 5.03. The SMILES string of the molecule is Cc1cc(C)cc(-c2c3ccc(N4c5ccccc5CCc5ccccc54)cc3c(-c3cc(C)cc(C)c3)c3ccc(N4c5ccccc5CCc5ccccc54)cc23)c1. The molecule has 0 radical (unpaired) electrons. The number of hydrogen-bond acceptors (Lipinski definition) is 2. The van der Waals surface area contributed by atoms with Crippen LogP contribution in [0.5, 0.6) is 0 Å². The fourth-order valence-electron chi connectivity index (χ4n) is 10.5. The average Bonchev–Trinajstić information content (AvgIpc) is 3.53. The first-order valence-electron chi connectivity index (χ1n) is 21.5. The molecular weight excluding hydrogens is 725 g/mol. The Hall–Kier alpha value is -6.90. The normalized spacial score (nSPS) is 13.3. The molecule has 0 atom stereocenters. The van der Waals surface area contributed by atoms with Crippen LogP contribution in [0, 0.1) is 27.7 Å². The van der Waals surface area contributed by atoms with Crippen LogP contribution in [-0.4, -0.2) is 0 Å². The maximum Gasteiger partial charge on any atom is 0.0493 e. The number of anilines is 6. The van der Waals surface area contributed by atoms with Crippen molar-refractivity contribution in [2.24, 2.45) is 0 Å². The van der Waals surface area contributed by atoms with Gasteiger partial charge in [-0.25, -0.2) is 0 Å². The highest BCUT2D eigenvalue weighted by atomic mass is 15.2. The van der Waals surface area contributed by atoms with E-state index in [2.05, 4.69) is 207 Å². The lowest BCUT2D eigenvalue weighted by Crippen LogP contribution is -2.12. The maximum absolute atomic E-state index is 2.51. The van der Waals surface area contributed by atoms with Crippen LogP contribution in [0.4, 0.5) is 34.1 Å². The summed E-state index contributed by atoms with van der Waals surface area (Å²) < 4.78 is 0. The number of nitrogens with zero attached hydrogens (tertiary/aromatic N) is 2. The molecule has 0 saturated carbocycles. The van der Waals surface area contributed by atoms with Gasteiger partial charge in [0.25, 0.3) is 0 Å². The van der Waals surface area contributed by atoms with Gasteiger partial charge in [0.15, 0.2) is 0 Å². The molecule has 0 aromatic heterocycles. The second-order valence-corrected chi connectivity index (χ2v) is 17.1. The molecule has 0 unspecified atom stereocenters. The smallest absolute Gasteiger partial charge is 0.0493 e. The Morgan fingerprint density at radius 2 is 0.600 bits per heavy atom. The molecule has 2 heteroatoms. The predicted molar refractivity (Wildman–Crippen MR) is 255 cm³/mol. The summed E-state index contributed by atoms with van der Waals surface area (Å²) in [7, 11) is 0. The lowest BCUT2D eigenvalue weighted by atomic mass is 9.84. The lowest BCUT2D eigenvalue weighted by molar-refractivity contribution is 0.977. The molecule has 2 nitrogen and oxygen atoms in total. The molecule has 11 rings (SSSR count). The molecule has 0 saturated heterocycles. The zero-order valence-electron chi connectivity index (χ0n) is 34.9. The summed E-state index contributed by atoms with van der Waals surface area (Å²) in [5.74, 6) is 0. The van der Waals surface area contributed by atoms with E-state index in [0.29, 0.717) is 0 Å². The van der Waals surface area contributed by atoms with Crippen LogP contribution in [-0.2, 0) is 25.7 Å². The van der Waals surface area contributed by atoms with E-state index < -0.39 is 0 Å². The van der Waals surface area contributed by atoms with Gasteiger partial charge in [0.2, 0.25) is 0 Å². The second kappa shape index (κ2) is 14.4. The minimum Gasteiger partial charge on any atom is -0.310 e. The summed E-state index contributed by atoms with van der Waals surface area (Å²) in [5.41, 5.74) is 23.0. The zero-order chi connectivity index (χ0) is 40.5. The van der Waals surface area contributed by atoms with Crippen molar-refractivity contribution in [1.82, 2.24) is 0 Å². The van der Waals surface area contributed by atoms with E-state index in [0.717, 1.165) is 25.7 Å². The molecule has 290 valence electrons. The van der Waals surface area contributed by atoms with Gasteiger partial charge >= 0.3 is 0 Å². The minimum atomic E-state index is 1.01. The summed E-state index contributed by atoms with van der Waals surface area (Å²) in [6.07, 6.45) is 4.06. The standard InChI is InChI=1S/C58H48N2/c1-37-29-38(2)32-45(31-37)57-49-27-25-48(60-55-19-11-7-15-43(55)23-24-44-16-8-12-20-56(44)60)36-52(49)58(46-33-39(3)30-40(4)34-46)50-28-26-47(35-51(50)57)59-53-17-9-5-13-41(53)21-22-42-14-6-10-18-54(42)59/h5-20,25-36H,21-24H2,1-4H3. The van der Waals surface area contributed by atoms with Crippen LogP contribution in [0.1, 0.15) is 44.5 Å². The lowest BCUT2D eigenvalue weighted by Gasteiger charge is -2.29. The van der Waals surface area contributed by atoms with Crippen molar-refractivity contribution in [3.63, 3.8) is 0 Å². The van der Waals surface area contributed by atoms with Gasteiger partial charge in [-0.3, -0.25) is 0 Å². The molecule has 0 spiro atoms. The molecule has 2 heterocycles. The van der Waals surface area contributed by atoms with Crippen LogP contribution in [0.15, 0.2) is 170 Å². The highest BCUT2D eigenvalue weighted by Crippen LogP contribution is 2.50. The van der Waals surface area contributed by atoms with Crippen molar-refractivity contribution in [3.8, 4) is 22.3 Å². The van der Waals surface area contributed by atoms with Crippen molar-refractivity contribution in [1.29, 1.82) is 0 Å². The van der Waals surface area contributed by atoms with Gasteiger partial charge in [0.05, 0.1) is 0 Å². The van der Waals surface area contributed by atoms with Crippen LogP contribution >= 0.6 is 0 Å². The minimum absolute atomic E-state index is 1.01. The largest absolute Gasteiger partial charge is 0.310 e. The molecular formula is C58H48N2. The molecule has 9 aromatic carbocycles. The molecule has 0 amide bonds. The van der Waals surface area contributed by atoms with E-state index in [9.17, 15) is 0 Å². The highest BCUT2D eigenvalue weighted by molar-refractivity contribution is 6.23. The number of fused-ring (bicyclic) bond motifs is 6. The van der Waals surface area contributed by atoms with Gasteiger partial charge in [-0.2, -0.15) is 0 Å². The van der Waals surface area contributed by atoms with Crippen LogP contribution in [0.3, 0.4) is 0 Å². The first-order valence-corrected chi connectivity index (χ1v) is 21.5. The first-order chi connectivity index (χ1) is 29.4. The van der Waals surface area contributed by atoms with E-state index in [-0.39, 0.29) is 0 Å². The fraction of sp³-hybridized carbons (Fsp3) is 0.138. The quantitative estimate of drug-likeness (QED) is 0.164. The van der Waals surface area contributed by atoms with E-state index in [1.807, 2.05) is 0 Å². The van der Waals surface area contributed by atoms with Crippen molar-refractivity contribution in [3.05, 3.63) is 214 Å². The Labute approximate surface area is 354 Å². The number of benzene rings is 9. The second-order valence-electron chi connectivity index (χ2n) is 17.1. The molecule has 2 aliphatic heterocycles. The van der Waals surface area contributed by atoms with Gasteiger partial charge in [0, 0.05) is 34.1 Å². The monoisotopic (exact) mass is 772 g/mol. The Kier molecular flexibility index (Phi) is 8.71. The fourth-order valence-corrected chi connectivity index (χ4v) is 10.5. The van der Waals surface area contributed by atoms with Gasteiger partial charge in [-0.05, 0) is 168 Å². The van der Waals surface area contributed by atoms with E-state index in [4.69, 9.17) is 0 Å². The molecule has 0 N–H and O–H groups in total. The molecule has 0 aliphatic carbocycles. The third kappa shape index (κ3) is 6.09. The molecule has 2 aliphatic rings. The van der Waals surface area contributed by atoms with E-state index in [1.54, 1.807) is 0 Å². The number of hydrogen-bond donors (Lipinski definition) is 0. The molecule has 0 bridgehead atoms. The van der Waals surface area contributed by atoms with Gasteiger partial charge in [-0.15, -0.1) is 0 Å². The predicted octanol–water partition coefficient (Wildman–Crippen LogP) is 15.7. The Bertz CT molecular complexity index is 2820. The van der Waals surface area contributed by atoms with Gasteiger partial charge in [-0.1, -0.05) is 144 Å². The summed E-state index contributed by atoms with van der Waals surface area (Å²) in [6, 6.07) is 64.6. The number of para-hydroxylation sites is 4. The van der Waals surface area contributed by atoms with Crippen molar-refractivity contribution in [2.45, 2.75) is 53.4 Å². The third-order valence-corrected chi connectivity index (χ3v) is 12.9. The zero-order valence-corrected chi connectivity index (χ0v) is 34.9. The first kappa shape index (κ1) is 36.2. The topological polar surface area (TPSA) is 6.48 Å². The Morgan fingerprint density at radius 1 is 0.300 bits per heavy atom. The van der Waals surface area contributed by atoms with Gasteiger partial charge < -0.3 is 9.80 Å². The molecule has 9 aromatic rings. The number of rotatable bonds is 4. The molecule has 60 heavy (non-hydrogen) atoms. The maximum atomic E-state index is 2.51. The van der Waals surface area contributed by atoms with Crippen LogP contribution < -0.4 is 9.80 Å². The average molecular weight is 773 g/mol. The van der Waals surface area contributed by atoms with Crippen molar-refractivity contribution >= 4 is 55.7 Å². The van der Waals surface area contributed by atoms with Crippen molar-refractivity contribution in [2.75, 3.05) is 9.80 Å². The van der Waals surface area contributed by atoms with E-state index >= 15 is 0 Å². The van der Waals surface area contributed by atoms with Gasteiger partial charge in [0.1, 0.15) is 0 Å². The Morgan fingerprint density at radius 3 is 0.917 bits per heavy atom. The highest BCUT2D eigenvalue weighted by Gasteiger charge is 2.27. The summed E-state index contributed by atoms with van der Waals surface area (Å²) >= 11 is 0. The van der Waals surface area contributed by atoms with E-state index in [1.165, 1.54) is 122 Å². The molecule has 0 fully saturated rings. The third-order valence-electron chi connectivity index (χ3n) is 12.9. The Balaban J connectivity index is 1.26. The summed E-state index contributed by atoms with van der Waals surface area (Å²) in [6.45, 7) is 8.92.